The molecule has 2 aliphatic heterocycles. The van der Waals surface area contributed by atoms with Crippen molar-refractivity contribution < 1.29 is 14.4 Å². The van der Waals surface area contributed by atoms with Crippen LogP contribution in [0.25, 0.3) is 0 Å². The lowest BCUT2D eigenvalue weighted by Crippen LogP contribution is -2.50. The molecule has 0 bridgehead atoms. The highest BCUT2D eigenvalue weighted by molar-refractivity contribution is 6.09. The Morgan fingerprint density at radius 3 is 2.41 bits per heavy atom. The Kier molecular flexibility index (Phi) is 7.51. The van der Waals surface area contributed by atoms with Crippen molar-refractivity contribution in [1.29, 1.82) is 0 Å². The van der Waals surface area contributed by atoms with E-state index >= 15 is 0 Å². The van der Waals surface area contributed by atoms with Crippen molar-refractivity contribution in [2.24, 2.45) is 11.8 Å². The van der Waals surface area contributed by atoms with E-state index in [1.807, 2.05) is 11.9 Å². The fraction of sp³-hybridized carbons (Fsp3) is 0.842. The molecule has 1 saturated carbocycles. The molecule has 4 amide bonds. The molecule has 2 heterocycles. The predicted octanol–water partition coefficient (Wildman–Crippen LogP) is 1.76. The molecular weight excluding hydrogens is 368 g/mol. The molecule has 0 aromatic heterocycles. The molecule has 0 radical (unpaired) electrons. The Morgan fingerprint density at radius 1 is 1.19 bits per heavy atom. The van der Waals surface area contributed by atoms with Crippen LogP contribution >= 0.6 is 12.4 Å². The molecule has 154 valence electrons. The SMILES string of the molecule is CNCCC1CCN(C(=O)CN2C(=O)NC3(CCC(C)CC3)C2=O)CC1.Cl. The molecule has 8 heteroatoms. The molecule has 27 heavy (non-hydrogen) atoms. The maximum absolute atomic E-state index is 12.9. The largest absolute Gasteiger partial charge is 0.341 e. The summed E-state index contributed by atoms with van der Waals surface area (Å²) in [6.07, 6.45) is 6.36. The summed E-state index contributed by atoms with van der Waals surface area (Å²) in [7, 11) is 1.95. The monoisotopic (exact) mass is 400 g/mol. The van der Waals surface area contributed by atoms with Crippen molar-refractivity contribution in [3.63, 3.8) is 0 Å². The van der Waals surface area contributed by atoms with Crippen LogP contribution in [0.3, 0.4) is 0 Å². The Bertz CT molecular complexity index is 555. The first-order chi connectivity index (χ1) is 12.4. The van der Waals surface area contributed by atoms with Gasteiger partial charge in [-0.1, -0.05) is 6.92 Å². The van der Waals surface area contributed by atoms with Crippen LogP contribution in [-0.2, 0) is 9.59 Å². The first kappa shape index (κ1) is 22.0. The predicted molar refractivity (Wildman–Crippen MR) is 106 cm³/mol. The number of carbonyl (C=O) groups excluding carboxylic acids is 3. The summed E-state index contributed by atoms with van der Waals surface area (Å²) in [5.74, 6) is 0.925. The van der Waals surface area contributed by atoms with Gasteiger partial charge >= 0.3 is 6.03 Å². The molecule has 0 atom stereocenters. The van der Waals surface area contributed by atoms with Crippen LogP contribution in [0.5, 0.6) is 0 Å². The van der Waals surface area contributed by atoms with Crippen molar-refractivity contribution in [3.8, 4) is 0 Å². The molecule has 0 aromatic carbocycles. The highest BCUT2D eigenvalue weighted by atomic mass is 35.5. The lowest BCUT2D eigenvalue weighted by Gasteiger charge is -2.34. The molecule has 3 fully saturated rings. The summed E-state index contributed by atoms with van der Waals surface area (Å²) in [5.41, 5.74) is -0.760. The van der Waals surface area contributed by atoms with Crippen molar-refractivity contribution in [3.05, 3.63) is 0 Å². The number of halogens is 1. The molecule has 7 nitrogen and oxygen atoms in total. The Labute approximate surface area is 168 Å². The van der Waals surface area contributed by atoms with E-state index in [-0.39, 0.29) is 30.8 Å². The number of carbonyl (C=O) groups is 3. The third kappa shape index (κ3) is 4.74. The number of nitrogens with one attached hydrogen (secondary N) is 2. The number of hydrogen-bond donors (Lipinski definition) is 2. The van der Waals surface area contributed by atoms with Crippen LogP contribution in [0.1, 0.15) is 51.9 Å². The molecule has 1 spiro atoms. The second-order valence-electron chi connectivity index (χ2n) is 8.30. The van der Waals surface area contributed by atoms with Crippen molar-refractivity contribution in [2.45, 2.75) is 57.4 Å². The van der Waals surface area contributed by atoms with E-state index in [0.717, 1.165) is 56.6 Å². The summed E-state index contributed by atoms with van der Waals surface area (Å²) in [6, 6.07) is -0.401. The summed E-state index contributed by atoms with van der Waals surface area (Å²) < 4.78 is 0. The Morgan fingerprint density at radius 2 is 1.81 bits per heavy atom. The minimum absolute atomic E-state index is 0. The Hall–Kier alpha value is -1.34. The number of amides is 4. The van der Waals surface area contributed by atoms with Gasteiger partial charge in [0.2, 0.25) is 5.91 Å². The minimum Gasteiger partial charge on any atom is -0.341 e. The van der Waals surface area contributed by atoms with E-state index in [1.165, 1.54) is 0 Å². The van der Waals surface area contributed by atoms with Gasteiger partial charge in [-0.3, -0.25) is 14.5 Å². The summed E-state index contributed by atoms with van der Waals surface area (Å²) in [4.78, 5) is 40.8. The first-order valence-corrected chi connectivity index (χ1v) is 10.0. The van der Waals surface area contributed by atoms with Crippen LogP contribution < -0.4 is 10.6 Å². The van der Waals surface area contributed by atoms with E-state index < -0.39 is 11.6 Å². The second-order valence-corrected chi connectivity index (χ2v) is 8.30. The smallest absolute Gasteiger partial charge is 0.325 e. The zero-order valence-corrected chi connectivity index (χ0v) is 17.3. The maximum Gasteiger partial charge on any atom is 0.325 e. The van der Waals surface area contributed by atoms with Crippen LogP contribution in [0, 0.1) is 11.8 Å². The summed E-state index contributed by atoms with van der Waals surface area (Å²) in [6.45, 7) is 4.50. The highest BCUT2D eigenvalue weighted by Crippen LogP contribution is 2.36. The van der Waals surface area contributed by atoms with E-state index in [9.17, 15) is 14.4 Å². The number of urea groups is 1. The van der Waals surface area contributed by atoms with E-state index in [0.29, 0.717) is 24.7 Å². The zero-order chi connectivity index (χ0) is 18.7. The molecule has 1 aliphatic carbocycles. The van der Waals surface area contributed by atoms with Crippen LogP contribution in [0.15, 0.2) is 0 Å². The number of piperidine rings is 1. The number of likely N-dealkylation sites (tertiary alicyclic amines) is 1. The number of nitrogens with zero attached hydrogens (tertiary/aromatic N) is 2. The van der Waals surface area contributed by atoms with Crippen molar-refractivity contribution >= 4 is 30.3 Å². The zero-order valence-electron chi connectivity index (χ0n) is 16.5. The van der Waals surface area contributed by atoms with Gasteiger partial charge in [-0.2, -0.15) is 0 Å². The maximum atomic E-state index is 12.9. The molecule has 0 aromatic rings. The van der Waals surface area contributed by atoms with Crippen LogP contribution in [0.2, 0.25) is 0 Å². The first-order valence-electron chi connectivity index (χ1n) is 10.0. The topological polar surface area (TPSA) is 81.8 Å². The van der Waals surface area contributed by atoms with Gasteiger partial charge in [-0.05, 0) is 70.4 Å². The van der Waals surface area contributed by atoms with Gasteiger partial charge in [0.15, 0.2) is 0 Å². The average Bonchev–Trinajstić information content (AvgIpc) is 2.87. The van der Waals surface area contributed by atoms with Gasteiger partial charge in [-0.25, -0.2) is 4.79 Å². The van der Waals surface area contributed by atoms with Gasteiger partial charge in [-0.15, -0.1) is 12.4 Å². The minimum atomic E-state index is -0.760. The number of hydrogen-bond acceptors (Lipinski definition) is 4. The molecule has 3 aliphatic rings. The van der Waals surface area contributed by atoms with Crippen molar-refractivity contribution in [2.75, 3.05) is 33.2 Å². The third-order valence-electron chi connectivity index (χ3n) is 6.44. The highest BCUT2D eigenvalue weighted by Gasteiger charge is 2.52. The lowest BCUT2D eigenvalue weighted by atomic mass is 9.77. The second kappa shape index (κ2) is 9.24. The van der Waals surface area contributed by atoms with Crippen LogP contribution in [-0.4, -0.2) is 66.4 Å². The average molecular weight is 401 g/mol. The van der Waals surface area contributed by atoms with Gasteiger partial charge in [0, 0.05) is 13.1 Å². The summed E-state index contributed by atoms with van der Waals surface area (Å²) >= 11 is 0. The van der Waals surface area contributed by atoms with E-state index in [2.05, 4.69) is 17.6 Å². The fourth-order valence-electron chi connectivity index (χ4n) is 4.47. The Balaban J connectivity index is 0.00000261. The summed E-state index contributed by atoms with van der Waals surface area (Å²) in [5, 5.41) is 6.06. The molecule has 2 N–H and O–H groups in total. The number of imide groups is 1. The quantitative estimate of drug-likeness (QED) is 0.689. The van der Waals surface area contributed by atoms with Gasteiger partial charge in [0.1, 0.15) is 12.1 Å². The van der Waals surface area contributed by atoms with Gasteiger partial charge in [0.05, 0.1) is 0 Å². The lowest BCUT2D eigenvalue weighted by molar-refractivity contribution is -0.140. The fourth-order valence-corrected chi connectivity index (χ4v) is 4.47. The molecule has 2 saturated heterocycles. The standard InChI is InChI=1S/C19H32N4O3.ClH/c1-14-3-8-19(9-4-14)17(25)23(18(26)21-19)13-16(24)22-11-6-15(7-12-22)5-10-20-2;/h14-15,20H,3-13H2,1-2H3,(H,21,26);1H. The molecule has 0 unspecified atom stereocenters. The van der Waals surface area contributed by atoms with E-state index in [1.54, 1.807) is 0 Å². The van der Waals surface area contributed by atoms with Gasteiger partial charge < -0.3 is 15.5 Å². The van der Waals surface area contributed by atoms with Crippen molar-refractivity contribution in [1.82, 2.24) is 20.4 Å². The van der Waals surface area contributed by atoms with E-state index in [4.69, 9.17) is 0 Å². The molecule has 3 rings (SSSR count). The normalized spacial score (nSPS) is 29.0. The molecular formula is C19H33ClN4O3. The third-order valence-corrected chi connectivity index (χ3v) is 6.44. The van der Waals surface area contributed by atoms with Crippen LogP contribution in [0.4, 0.5) is 4.79 Å². The number of rotatable bonds is 5. The van der Waals surface area contributed by atoms with Gasteiger partial charge in [0.25, 0.3) is 5.91 Å².